The molecule has 22 heavy (non-hydrogen) atoms. The first-order chi connectivity index (χ1) is 10.7. The van der Waals surface area contributed by atoms with E-state index < -0.39 is 0 Å². The molecule has 1 fully saturated rings. The zero-order chi connectivity index (χ0) is 15.8. The fourth-order valence-electron chi connectivity index (χ4n) is 2.74. The summed E-state index contributed by atoms with van der Waals surface area (Å²) in [6.07, 6.45) is 5.72. The number of amides is 2. The molecule has 0 bridgehead atoms. The van der Waals surface area contributed by atoms with Crippen LogP contribution in [0.1, 0.15) is 54.9 Å². The molecule has 0 spiro atoms. The highest BCUT2D eigenvalue weighted by molar-refractivity contribution is 5.94. The van der Waals surface area contributed by atoms with Gasteiger partial charge in [0.05, 0.1) is 0 Å². The normalized spacial score (nSPS) is 15.5. The van der Waals surface area contributed by atoms with Crippen LogP contribution < -0.4 is 5.32 Å². The summed E-state index contributed by atoms with van der Waals surface area (Å²) in [5, 5.41) is 2.93. The minimum atomic E-state index is -0.0372. The van der Waals surface area contributed by atoms with Crippen LogP contribution in [-0.4, -0.2) is 36.3 Å². The van der Waals surface area contributed by atoms with Gasteiger partial charge in [0.2, 0.25) is 5.91 Å². The van der Waals surface area contributed by atoms with Gasteiger partial charge in [-0.15, -0.1) is 0 Å². The van der Waals surface area contributed by atoms with E-state index in [1.54, 1.807) is 0 Å². The van der Waals surface area contributed by atoms with Crippen LogP contribution in [0.2, 0.25) is 0 Å². The molecular formula is C18H26N2O2. The molecule has 1 aromatic carbocycles. The van der Waals surface area contributed by atoms with Gasteiger partial charge in [-0.1, -0.05) is 25.5 Å². The Hall–Kier alpha value is -1.84. The quantitative estimate of drug-likeness (QED) is 0.822. The van der Waals surface area contributed by atoms with E-state index in [4.69, 9.17) is 0 Å². The molecule has 1 aromatic rings. The van der Waals surface area contributed by atoms with Crippen molar-refractivity contribution in [2.45, 2.75) is 45.4 Å². The first-order valence-corrected chi connectivity index (χ1v) is 8.35. The summed E-state index contributed by atoms with van der Waals surface area (Å²) in [5.74, 6) is 0.226. The second-order valence-electron chi connectivity index (χ2n) is 5.85. The molecule has 1 saturated heterocycles. The van der Waals surface area contributed by atoms with Crippen LogP contribution >= 0.6 is 0 Å². The third-order valence-corrected chi connectivity index (χ3v) is 4.19. The Morgan fingerprint density at radius 2 is 1.95 bits per heavy atom. The van der Waals surface area contributed by atoms with E-state index in [-0.39, 0.29) is 11.8 Å². The molecule has 0 aromatic heterocycles. The molecule has 120 valence electrons. The third-order valence-electron chi connectivity index (χ3n) is 4.19. The van der Waals surface area contributed by atoms with Crippen molar-refractivity contribution in [1.82, 2.24) is 10.2 Å². The molecule has 1 heterocycles. The number of nitrogens with zero attached hydrogens (tertiary/aromatic N) is 1. The number of carbonyl (C=O) groups excluding carboxylic acids is 2. The molecule has 0 radical (unpaired) electrons. The molecule has 0 unspecified atom stereocenters. The zero-order valence-electron chi connectivity index (χ0n) is 13.4. The summed E-state index contributed by atoms with van der Waals surface area (Å²) in [4.78, 5) is 25.8. The second-order valence-corrected chi connectivity index (χ2v) is 5.85. The number of carbonyl (C=O) groups is 2. The zero-order valence-corrected chi connectivity index (χ0v) is 13.4. The molecular weight excluding hydrogens is 276 g/mol. The molecule has 4 heteroatoms. The predicted molar refractivity (Wildman–Crippen MR) is 87.8 cm³/mol. The van der Waals surface area contributed by atoms with Gasteiger partial charge in [-0.25, -0.2) is 0 Å². The molecule has 1 aliphatic rings. The summed E-state index contributed by atoms with van der Waals surface area (Å²) in [6, 6.07) is 7.72. The minimum Gasteiger partial charge on any atom is -0.352 e. The number of nitrogens with one attached hydrogen (secondary N) is 1. The smallest absolute Gasteiger partial charge is 0.251 e. The summed E-state index contributed by atoms with van der Waals surface area (Å²) in [6.45, 7) is 4.32. The van der Waals surface area contributed by atoms with Crippen LogP contribution in [0.5, 0.6) is 0 Å². The largest absolute Gasteiger partial charge is 0.352 e. The predicted octanol–water partition coefficient (Wildman–Crippen LogP) is 2.77. The third kappa shape index (κ3) is 4.86. The van der Waals surface area contributed by atoms with Gasteiger partial charge in [0.1, 0.15) is 0 Å². The average molecular weight is 302 g/mol. The van der Waals surface area contributed by atoms with Gasteiger partial charge in [-0.3, -0.25) is 9.59 Å². The van der Waals surface area contributed by atoms with Gasteiger partial charge in [-0.2, -0.15) is 0 Å². The Balaban J connectivity index is 1.71. The highest BCUT2D eigenvalue weighted by Crippen LogP contribution is 2.11. The maximum atomic E-state index is 12.0. The standard InChI is InChI=1S/C18H26N2O2/c1-2-15-8-10-16(11-9-15)18(22)19-12-6-14-20-13-5-3-4-7-17(20)21/h8-11H,2-7,12-14H2,1H3,(H,19,22). The lowest BCUT2D eigenvalue weighted by molar-refractivity contribution is -0.130. The van der Waals surface area contributed by atoms with E-state index in [2.05, 4.69) is 12.2 Å². The van der Waals surface area contributed by atoms with Gasteiger partial charge in [0, 0.05) is 31.6 Å². The van der Waals surface area contributed by atoms with E-state index in [0.29, 0.717) is 18.5 Å². The van der Waals surface area contributed by atoms with Crippen LogP contribution in [-0.2, 0) is 11.2 Å². The number of likely N-dealkylation sites (tertiary alicyclic amines) is 1. The van der Waals surface area contributed by atoms with Gasteiger partial charge < -0.3 is 10.2 Å². The van der Waals surface area contributed by atoms with E-state index >= 15 is 0 Å². The van der Waals surface area contributed by atoms with Crippen molar-refractivity contribution in [2.24, 2.45) is 0 Å². The van der Waals surface area contributed by atoms with Crippen molar-refractivity contribution in [1.29, 1.82) is 0 Å². The Labute approximate surface area is 132 Å². The minimum absolute atomic E-state index is 0.0372. The Kier molecular flexibility index (Phi) is 6.44. The first-order valence-electron chi connectivity index (χ1n) is 8.35. The van der Waals surface area contributed by atoms with Crippen LogP contribution in [0.4, 0.5) is 0 Å². The van der Waals surface area contributed by atoms with Crippen LogP contribution in [0.25, 0.3) is 0 Å². The van der Waals surface area contributed by atoms with Crippen molar-refractivity contribution < 1.29 is 9.59 Å². The van der Waals surface area contributed by atoms with E-state index in [1.807, 2.05) is 29.2 Å². The first kappa shape index (κ1) is 16.5. The van der Waals surface area contributed by atoms with Crippen LogP contribution in [0, 0.1) is 0 Å². The highest BCUT2D eigenvalue weighted by atomic mass is 16.2. The highest BCUT2D eigenvalue weighted by Gasteiger charge is 2.15. The Morgan fingerprint density at radius 1 is 1.18 bits per heavy atom. The van der Waals surface area contributed by atoms with E-state index in [0.717, 1.165) is 45.2 Å². The molecule has 2 rings (SSSR count). The molecule has 1 aliphatic heterocycles. The van der Waals surface area contributed by atoms with Crippen molar-refractivity contribution in [3.63, 3.8) is 0 Å². The van der Waals surface area contributed by atoms with Crippen molar-refractivity contribution in [3.8, 4) is 0 Å². The average Bonchev–Trinajstić information content (AvgIpc) is 2.76. The summed E-state index contributed by atoms with van der Waals surface area (Å²) < 4.78 is 0. The number of hydrogen-bond acceptors (Lipinski definition) is 2. The fraction of sp³-hybridized carbons (Fsp3) is 0.556. The maximum Gasteiger partial charge on any atom is 0.251 e. The topological polar surface area (TPSA) is 49.4 Å². The Morgan fingerprint density at radius 3 is 2.68 bits per heavy atom. The SMILES string of the molecule is CCc1ccc(C(=O)NCCCN2CCCCCC2=O)cc1. The van der Waals surface area contributed by atoms with Crippen LogP contribution in [0.15, 0.2) is 24.3 Å². The summed E-state index contributed by atoms with van der Waals surface area (Å²) in [5.41, 5.74) is 1.93. The molecule has 2 amide bonds. The van der Waals surface area contributed by atoms with E-state index in [1.165, 1.54) is 5.56 Å². The number of benzene rings is 1. The molecule has 1 N–H and O–H groups in total. The number of hydrogen-bond donors (Lipinski definition) is 1. The lowest BCUT2D eigenvalue weighted by Crippen LogP contribution is -2.34. The van der Waals surface area contributed by atoms with Gasteiger partial charge >= 0.3 is 0 Å². The fourth-order valence-corrected chi connectivity index (χ4v) is 2.74. The van der Waals surface area contributed by atoms with E-state index in [9.17, 15) is 9.59 Å². The molecule has 0 atom stereocenters. The van der Waals surface area contributed by atoms with Crippen LogP contribution in [0.3, 0.4) is 0 Å². The lowest BCUT2D eigenvalue weighted by atomic mass is 10.1. The summed E-state index contributed by atoms with van der Waals surface area (Å²) >= 11 is 0. The molecule has 0 aliphatic carbocycles. The van der Waals surface area contributed by atoms with Crippen molar-refractivity contribution >= 4 is 11.8 Å². The number of aryl methyl sites for hydroxylation is 1. The van der Waals surface area contributed by atoms with Gasteiger partial charge in [0.25, 0.3) is 5.91 Å². The van der Waals surface area contributed by atoms with Crippen molar-refractivity contribution in [2.75, 3.05) is 19.6 Å². The maximum absolute atomic E-state index is 12.0. The second kappa shape index (κ2) is 8.57. The summed E-state index contributed by atoms with van der Waals surface area (Å²) in [7, 11) is 0. The Bertz CT molecular complexity index is 496. The van der Waals surface area contributed by atoms with Gasteiger partial charge in [0.15, 0.2) is 0 Å². The monoisotopic (exact) mass is 302 g/mol. The van der Waals surface area contributed by atoms with Gasteiger partial charge in [-0.05, 0) is 43.4 Å². The van der Waals surface area contributed by atoms with Crippen molar-refractivity contribution in [3.05, 3.63) is 35.4 Å². The molecule has 4 nitrogen and oxygen atoms in total. The molecule has 0 saturated carbocycles. The lowest BCUT2D eigenvalue weighted by Gasteiger charge is -2.20. The number of rotatable bonds is 6.